The van der Waals surface area contributed by atoms with Crippen molar-refractivity contribution in [2.75, 3.05) is 6.61 Å². The van der Waals surface area contributed by atoms with Crippen molar-refractivity contribution in [2.45, 2.75) is 129 Å². The second-order valence-electron chi connectivity index (χ2n) is 13.8. The molecule has 1 aliphatic heterocycles. The molecule has 0 saturated carbocycles. The van der Waals surface area contributed by atoms with Crippen LogP contribution in [0.15, 0.2) is 0 Å². The minimum absolute atomic E-state index is 0.243. The Labute approximate surface area is 203 Å². The molecule has 5 atom stereocenters. The summed E-state index contributed by atoms with van der Waals surface area (Å²) in [5.41, 5.74) is 0. The molecule has 0 amide bonds. The zero-order chi connectivity index (χ0) is 25.3. The molecule has 1 saturated heterocycles. The second-order valence-corrected chi connectivity index (χ2v) is 36.1. The molecule has 32 heavy (non-hydrogen) atoms. The van der Waals surface area contributed by atoms with E-state index in [4.69, 9.17) is 26.9 Å². The van der Waals surface area contributed by atoms with E-state index < -0.39 is 47.9 Å². The van der Waals surface area contributed by atoms with Gasteiger partial charge in [-0.05, 0) is 98.2 Å². The molecular formula is C21H52O6Si5. The van der Waals surface area contributed by atoms with Crippen molar-refractivity contribution in [3.63, 3.8) is 0 Å². The summed E-state index contributed by atoms with van der Waals surface area (Å²) in [6, 6.07) is 0. The Morgan fingerprint density at radius 1 is 0.469 bits per heavy atom. The van der Waals surface area contributed by atoms with Crippen LogP contribution in [0.25, 0.3) is 0 Å². The van der Waals surface area contributed by atoms with Crippen molar-refractivity contribution in [3.05, 3.63) is 0 Å². The molecule has 6 nitrogen and oxygen atoms in total. The Hall–Kier alpha value is 0.844. The van der Waals surface area contributed by atoms with Crippen LogP contribution in [0.2, 0.25) is 98.2 Å². The molecular weight excluding hydrogens is 489 g/mol. The monoisotopic (exact) mass is 540 g/mol. The van der Waals surface area contributed by atoms with E-state index in [1.54, 1.807) is 0 Å². The van der Waals surface area contributed by atoms with Crippen LogP contribution in [0, 0.1) is 0 Å². The van der Waals surface area contributed by atoms with Crippen molar-refractivity contribution in [1.82, 2.24) is 0 Å². The number of hydrogen-bond acceptors (Lipinski definition) is 6. The molecule has 0 radical (unpaired) electrons. The van der Waals surface area contributed by atoms with Crippen LogP contribution in [0.3, 0.4) is 0 Å². The molecule has 0 aliphatic carbocycles. The topological polar surface area (TPSA) is 55.4 Å². The first-order valence-electron chi connectivity index (χ1n) is 12.0. The van der Waals surface area contributed by atoms with E-state index in [0.717, 1.165) is 0 Å². The summed E-state index contributed by atoms with van der Waals surface area (Å²) >= 11 is 0. The van der Waals surface area contributed by atoms with Gasteiger partial charge in [0.25, 0.3) is 0 Å². The molecule has 1 aliphatic rings. The lowest BCUT2D eigenvalue weighted by Crippen LogP contribution is -2.67. The third-order valence-electron chi connectivity index (χ3n) is 4.21. The van der Waals surface area contributed by atoms with Crippen molar-refractivity contribution < 1.29 is 26.9 Å². The van der Waals surface area contributed by atoms with Crippen molar-refractivity contribution in [1.29, 1.82) is 0 Å². The van der Waals surface area contributed by atoms with Crippen LogP contribution >= 0.6 is 0 Å². The van der Waals surface area contributed by atoms with Gasteiger partial charge >= 0.3 is 0 Å². The maximum atomic E-state index is 6.85. The van der Waals surface area contributed by atoms with Gasteiger partial charge in [0.2, 0.25) is 0 Å². The number of ether oxygens (including phenoxy) is 1. The average Bonchev–Trinajstić information content (AvgIpc) is 2.45. The molecule has 0 bridgehead atoms. The maximum absolute atomic E-state index is 6.85. The van der Waals surface area contributed by atoms with Gasteiger partial charge in [0, 0.05) is 0 Å². The predicted molar refractivity (Wildman–Crippen MR) is 147 cm³/mol. The minimum atomic E-state index is -1.92. The minimum Gasteiger partial charge on any atom is -0.415 e. The molecule has 0 aromatic heterocycles. The van der Waals surface area contributed by atoms with Gasteiger partial charge < -0.3 is 26.9 Å². The normalized spacial score (nSPS) is 28.8. The van der Waals surface area contributed by atoms with Gasteiger partial charge in [-0.2, -0.15) is 0 Å². The number of hydrogen-bond donors (Lipinski definition) is 0. The molecule has 1 heterocycles. The fourth-order valence-electron chi connectivity index (χ4n) is 3.41. The van der Waals surface area contributed by atoms with Gasteiger partial charge in [-0.3, -0.25) is 0 Å². The first kappa shape index (κ1) is 30.9. The van der Waals surface area contributed by atoms with Gasteiger partial charge in [-0.1, -0.05) is 0 Å². The van der Waals surface area contributed by atoms with Crippen LogP contribution in [-0.4, -0.2) is 78.9 Å². The summed E-state index contributed by atoms with van der Waals surface area (Å²) in [7, 11) is -9.37. The van der Waals surface area contributed by atoms with E-state index in [0.29, 0.717) is 6.61 Å². The highest BCUT2D eigenvalue weighted by Gasteiger charge is 2.52. The first-order valence-corrected chi connectivity index (χ1v) is 29.0. The van der Waals surface area contributed by atoms with Gasteiger partial charge in [0.1, 0.15) is 24.4 Å². The highest BCUT2D eigenvalue weighted by Crippen LogP contribution is 2.35. The van der Waals surface area contributed by atoms with Crippen LogP contribution in [-0.2, 0) is 26.9 Å². The van der Waals surface area contributed by atoms with Gasteiger partial charge in [0.15, 0.2) is 47.9 Å². The fourth-order valence-corrected chi connectivity index (χ4v) is 8.21. The molecule has 1 fully saturated rings. The summed E-state index contributed by atoms with van der Waals surface area (Å²) in [5.74, 6) is 0. The van der Waals surface area contributed by atoms with Crippen LogP contribution < -0.4 is 0 Å². The highest BCUT2D eigenvalue weighted by atomic mass is 28.4. The Morgan fingerprint density at radius 3 is 1.22 bits per heavy atom. The molecule has 0 aromatic carbocycles. The van der Waals surface area contributed by atoms with Crippen LogP contribution in [0.4, 0.5) is 0 Å². The van der Waals surface area contributed by atoms with Crippen LogP contribution in [0.5, 0.6) is 0 Å². The zero-order valence-corrected chi connectivity index (χ0v) is 28.5. The van der Waals surface area contributed by atoms with E-state index in [1.165, 1.54) is 0 Å². The average molecular weight is 541 g/mol. The number of rotatable bonds is 11. The van der Waals surface area contributed by atoms with Crippen molar-refractivity contribution in [2.24, 2.45) is 0 Å². The van der Waals surface area contributed by atoms with E-state index in [9.17, 15) is 0 Å². The predicted octanol–water partition coefficient (Wildman–Crippen LogP) is 6.07. The summed E-state index contributed by atoms with van der Waals surface area (Å²) in [6.45, 7) is 33.6. The molecule has 0 N–H and O–H groups in total. The van der Waals surface area contributed by atoms with Crippen molar-refractivity contribution >= 4 is 41.6 Å². The SMILES string of the molecule is C[Si](C)(C)OC[C@H]1O[C@H](O[Si](C)(C)C)[C@H](O[Si](C)(C)C)[C@@H](O[Si](C)(C)C)[C@@H]1O[Si](C)(C)C. The molecule has 0 aromatic rings. The highest BCUT2D eigenvalue weighted by molar-refractivity contribution is 6.71. The first-order chi connectivity index (χ1) is 14.0. The summed E-state index contributed by atoms with van der Waals surface area (Å²) in [4.78, 5) is 0. The molecule has 0 unspecified atom stereocenters. The van der Waals surface area contributed by atoms with Gasteiger partial charge in [-0.25, -0.2) is 0 Å². The van der Waals surface area contributed by atoms with E-state index >= 15 is 0 Å². The Kier molecular flexibility index (Phi) is 10.5. The Bertz CT molecular complexity index is 586. The standard InChI is InChI=1S/C21H52O6Si5/c1-28(2,3)22-16-17-18(24-29(4,5)6)19(25-30(7,8)9)20(26-31(10,11)12)21(23-17)27-32(13,14)15/h17-21H,16H2,1-15H3/t17-,18-,19+,20-,21-/m1/s1. The third kappa shape index (κ3) is 12.5. The van der Waals surface area contributed by atoms with Crippen molar-refractivity contribution in [3.8, 4) is 0 Å². The summed E-state index contributed by atoms with van der Waals surface area (Å²) in [5, 5.41) is 0. The largest absolute Gasteiger partial charge is 0.415 e. The lowest BCUT2D eigenvalue weighted by atomic mass is 9.99. The smallest absolute Gasteiger partial charge is 0.187 e. The Morgan fingerprint density at radius 2 is 0.844 bits per heavy atom. The van der Waals surface area contributed by atoms with Gasteiger partial charge in [0.05, 0.1) is 6.61 Å². The summed E-state index contributed by atoms with van der Waals surface area (Å²) < 4.78 is 39.9. The lowest BCUT2D eigenvalue weighted by Gasteiger charge is -2.51. The molecule has 1 rings (SSSR count). The maximum Gasteiger partial charge on any atom is 0.187 e. The van der Waals surface area contributed by atoms with Gasteiger partial charge in [-0.15, -0.1) is 0 Å². The third-order valence-corrected chi connectivity index (χ3v) is 9.12. The second kappa shape index (κ2) is 10.8. The summed E-state index contributed by atoms with van der Waals surface area (Å²) in [6.07, 6.45) is -1.54. The van der Waals surface area contributed by atoms with E-state index in [2.05, 4.69) is 98.2 Å². The fraction of sp³-hybridized carbons (Fsp3) is 1.00. The molecule has 11 heteroatoms. The van der Waals surface area contributed by atoms with E-state index in [-0.39, 0.29) is 24.4 Å². The Balaban J connectivity index is 3.50. The van der Waals surface area contributed by atoms with Crippen LogP contribution in [0.1, 0.15) is 0 Å². The van der Waals surface area contributed by atoms with E-state index in [1.807, 2.05) is 0 Å². The molecule has 192 valence electrons. The quantitative estimate of drug-likeness (QED) is 0.296. The zero-order valence-electron chi connectivity index (χ0n) is 23.5. The molecule has 0 spiro atoms. The lowest BCUT2D eigenvalue weighted by molar-refractivity contribution is -0.268.